The van der Waals surface area contributed by atoms with Crippen LogP contribution in [0.4, 0.5) is 32.0 Å². The molecule has 1 radical (unpaired) electrons. The summed E-state index contributed by atoms with van der Waals surface area (Å²) in [7, 11) is 1.24. The maximum Gasteiger partial charge on any atom is 0.439 e. The lowest BCUT2D eigenvalue weighted by atomic mass is 10.0. The van der Waals surface area contributed by atoms with Crippen molar-refractivity contribution < 1.29 is 26.3 Å². The summed E-state index contributed by atoms with van der Waals surface area (Å²) in [5.41, 5.74) is -1.61. The molecule has 2 aromatic rings. The van der Waals surface area contributed by atoms with Crippen LogP contribution in [-0.4, -0.2) is 18.9 Å². The van der Waals surface area contributed by atoms with E-state index < -0.39 is 39.1 Å². The molecule has 1 aliphatic rings. The fourth-order valence-corrected chi connectivity index (χ4v) is 2.79. The molecule has 0 aromatic heterocycles. The molecule has 1 aliphatic heterocycles. The van der Waals surface area contributed by atoms with E-state index >= 15 is 0 Å². The van der Waals surface area contributed by atoms with Crippen molar-refractivity contribution in [2.45, 2.75) is 6.18 Å². The molecule has 3 rings (SSSR count). The molecule has 0 amide bonds. The maximum absolute atomic E-state index is 14.2. The first-order valence-electron chi connectivity index (χ1n) is 7.12. The lowest BCUT2D eigenvalue weighted by Gasteiger charge is -2.25. The molecule has 0 spiro atoms. The number of hydrogen-bond acceptors (Lipinski definition) is 1. The van der Waals surface area contributed by atoms with Gasteiger partial charge >= 0.3 is 6.18 Å². The van der Waals surface area contributed by atoms with Crippen molar-refractivity contribution in [3.63, 3.8) is 0 Å². The zero-order valence-electron chi connectivity index (χ0n) is 13.0. The standard InChI is InChI=1S/C17H9ClF6N2/c1-26(16(18)8-15(25-26)17(22,23)24)14-5-3-2-4-9(14)10-6-12(20)13(21)7-11(10)19/h2-7H,1H3/q+1. The second-order valence-electron chi connectivity index (χ2n) is 5.58. The minimum atomic E-state index is -4.78. The van der Waals surface area contributed by atoms with E-state index in [-0.39, 0.29) is 16.8 Å². The van der Waals surface area contributed by atoms with Gasteiger partial charge in [0.2, 0.25) is 10.9 Å². The summed E-state index contributed by atoms with van der Waals surface area (Å²) >= 11 is 5.95. The van der Waals surface area contributed by atoms with Gasteiger partial charge in [-0.2, -0.15) is 13.2 Å². The molecule has 2 aromatic carbocycles. The first-order chi connectivity index (χ1) is 12.0. The van der Waals surface area contributed by atoms with E-state index in [9.17, 15) is 26.3 Å². The van der Waals surface area contributed by atoms with E-state index in [4.69, 9.17) is 11.6 Å². The SMILES string of the molecule is C[N+]1(c2ccccc2-c2cc(F)c(F)cc2F)N=C(C(F)(F)F)[C]=C1Cl. The Morgan fingerprint density at radius 3 is 2.19 bits per heavy atom. The van der Waals surface area contributed by atoms with Gasteiger partial charge in [-0.05, 0) is 23.7 Å². The van der Waals surface area contributed by atoms with Crippen LogP contribution in [0, 0.1) is 23.5 Å². The first kappa shape index (κ1) is 18.5. The Kier molecular flexibility index (Phi) is 4.36. The number of quaternary nitrogens is 1. The predicted molar refractivity (Wildman–Crippen MR) is 85.6 cm³/mol. The van der Waals surface area contributed by atoms with E-state index in [0.717, 1.165) is 0 Å². The Labute approximate surface area is 149 Å². The molecule has 0 bridgehead atoms. The summed E-state index contributed by atoms with van der Waals surface area (Å²) in [6.07, 6.45) is -2.83. The number of para-hydroxylation sites is 1. The Balaban J connectivity index is 2.23. The van der Waals surface area contributed by atoms with Crippen molar-refractivity contribution in [1.82, 2.24) is 4.59 Å². The third kappa shape index (κ3) is 2.99. The summed E-state index contributed by atoms with van der Waals surface area (Å²) < 4.78 is 78.9. The van der Waals surface area contributed by atoms with Gasteiger partial charge in [-0.15, -0.1) is 4.59 Å². The van der Waals surface area contributed by atoms with Crippen LogP contribution < -0.4 is 4.59 Å². The highest BCUT2D eigenvalue weighted by Gasteiger charge is 2.48. The summed E-state index contributed by atoms with van der Waals surface area (Å²) in [5.74, 6) is -3.76. The zero-order chi connectivity index (χ0) is 19.3. The fraction of sp³-hybridized carbons (Fsp3) is 0.118. The van der Waals surface area contributed by atoms with Gasteiger partial charge in [0, 0.05) is 23.3 Å². The molecular weight excluding hydrogens is 382 g/mol. The summed E-state index contributed by atoms with van der Waals surface area (Å²) in [5, 5.41) is 3.15. The van der Waals surface area contributed by atoms with Crippen LogP contribution >= 0.6 is 11.6 Å². The van der Waals surface area contributed by atoms with Gasteiger partial charge in [0.25, 0.3) is 0 Å². The Morgan fingerprint density at radius 1 is 0.962 bits per heavy atom. The first-order valence-corrected chi connectivity index (χ1v) is 7.50. The molecule has 0 aliphatic carbocycles. The van der Waals surface area contributed by atoms with Crippen LogP contribution in [0.5, 0.6) is 0 Å². The van der Waals surface area contributed by atoms with Gasteiger partial charge in [0.15, 0.2) is 17.3 Å². The summed E-state index contributed by atoms with van der Waals surface area (Å²) in [4.78, 5) is 0. The van der Waals surface area contributed by atoms with Gasteiger partial charge in [0.05, 0.1) is 0 Å². The molecule has 135 valence electrons. The van der Waals surface area contributed by atoms with Crippen LogP contribution in [0.2, 0.25) is 0 Å². The third-order valence-electron chi connectivity index (χ3n) is 3.85. The Hall–Kier alpha value is -2.32. The molecule has 1 unspecified atom stereocenters. The number of rotatable bonds is 2. The molecule has 0 N–H and O–H groups in total. The average molecular weight is 391 g/mol. The van der Waals surface area contributed by atoms with Gasteiger partial charge < -0.3 is 0 Å². The minimum Gasteiger partial charge on any atom is -0.206 e. The smallest absolute Gasteiger partial charge is 0.206 e. The third-order valence-corrected chi connectivity index (χ3v) is 4.27. The van der Waals surface area contributed by atoms with Crippen molar-refractivity contribution in [3.8, 4) is 11.1 Å². The molecule has 0 saturated heterocycles. The highest BCUT2D eigenvalue weighted by molar-refractivity contribution is 6.32. The van der Waals surface area contributed by atoms with Crippen LogP contribution in [0.1, 0.15) is 0 Å². The fourth-order valence-electron chi connectivity index (χ4n) is 2.57. The molecule has 9 heteroatoms. The summed E-state index contributed by atoms with van der Waals surface area (Å²) in [6, 6.07) is 6.65. The number of benzene rings is 2. The highest BCUT2D eigenvalue weighted by Crippen LogP contribution is 2.42. The van der Waals surface area contributed by atoms with Crippen molar-refractivity contribution in [2.75, 3.05) is 7.05 Å². The quantitative estimate of drug-likeness (QED) is 0.277. The molecule has 2 nitrogen and oxygen atoms in total. The lowest BCUT2D eigenvalue weighted by Crippen LogP contribution is -2.35. The van der Waals surface area contributed by atoms with Gasteiger partial charge in [-0.3, -0.25) is 0 Å². The summed E-state index contributed by atoms with van der Waals surface area (Å²) in [6.45, 7) is 0. The number of alkyl halides is 3. The number of nitrogens with zero attached hydrogens (tertiary/aromatic N) is 2. The Morgan fingerprint density at radius 2 is 1.58 bits per heavy atom. The van der Waals surface area contributed by atoms with Crippen LogP contribution in [0.25, 0.3) is 11.1 Å². The van der Waals surface area contributed by atoms with Crippen molar-refractivity contribution in [1.29, 1.82) is 0 Å². The van der Waals surface area contributed by atoms with Gasteiger partial charge in [-0.1, -0.05) is 17.2 Å². The van der Waals surface area contributed by atoms with Crippen LogP contribution in [0.15, 0.2) is 46.7 Å². The normalized spacial score (nSPS) is 20.2. The van der Waals surface area contributed by atoms with E-state index in [1.807, 2.05) is 6.08 Å². The lowest BCUT2D eigenvalue weighted by molar-refractivity contribution is -0.0584. The molecule has 1 heterocycles. The largest absolute Gasteiger partial charge is 0.439 e. The number of hydrogen-bond donors (Lipinski definition) is 0. The monoisotopic (exact) mass is 390 g/mol. The predicted octanol–water partition coefficient (Wildman–Crippen LogP) is 5.52. The second kappa shape index (κ2) is 6.14. The topological polar surface area (TPSA) is 12.4 Å². The van der Waals surface area contributed by atoms with E-state index in [1.165, 1.54) is 31.3 Å². The van der Waals surface area contributed by atoms with Gasteiger partial charge in [-0.25, -0.2) is 13.2 Å². The van der Waals surface area contributed by atoms with Gasteiger partial charge in [0.1, 0.15) is 18.9 Å². The molecular formula is C17H9ClF6N2+. The second-order valence-corrected chi connectivity index (χ2v) is 5.94. The van der Waals surface area contributed by atoms with Crippen molar-refractivity contribution in [3.05, 3.63) is 65.1 Å². The van der Waals surface area contributed by atoms with E-state index in [2.05, 4.69) is 5.10 Å². The highest BCUT2D eigenvalue weighted by atomic mass is 35.5. The number of halogens is 7. The Bertz CT molecular complexity index is 951. The zero-order valence-corrected chi connectivity index (χ0v) is 13.8. The molecule has 0 saturated carbocycles. The van der Waals surface area contributed by atoms with Crippen LogP contribution in [-0.2, 0) is 0 Å². The van der Waals surface area contributed by atoms with Crippen molar-refractivity contribution in [2.24, 2.45) is 5.10 Å². The van der Waals surface area contributed by atoms with E-state index in [0.29, 0.717) is 12.1 Å². The minimum absolute atomic E-state index is 0.0125. The average Bonchev–Trinajstić information content (AvgIpc) is 2.88. The maximum atomic E-state index is 14.2. The van der Waals surface area contributed by atoms with E-state index in [1.54, 1.807) is 0 Å². The number of allylic oxidation sites excluding steroid dienone is 1. The van der Waals surface area contributed by atoms with Crippen LogP contribution in [0.3, 0.4) is 0 Å². The van der Waals surface area contributed by atoms with Crippen molar-refractivity contribution >= 4 is 23.0 Å². The molecule has 26 heavy (non-hydrogen) atoms. The molecule has 1 atom stereocenters. The molecule has 0 fully saturated rings.